The number of nitrogens with zero attached hydrogens (tertiary/aromatic N) is 1. The summed E-state index contributed by atoms with van der Waals surface area (Å²) in [6.07, 6.45) is 0.323. The molecule has 0 spiro atoms. The van der Waals surface area contributed by atoms with E-state index in [0.717, 1.165) is 22.9 Å². The zero-order valence-corrected chi connectivity index (χ0v) is 11.8. The summed E-state index contributed by atoms with van der Waals surface area (Å²) in [5.74, 6) is -0.158. The Morgan fingerprint density at radius 2 is 2.14 bits per heavy atom. The van der Waals surface area contributed by atoms with Crippen LogP contribution >= 0.6 is 0 Å². The van der Waals surface area contributed by atoms with Crippen molar-refractivity contribution in [2.45, 2.75) is 20.3 Å². The largest absolute Gasteiger partial charge is 0.493 e. The van der Waals surface area contributed by atoms with Gasteiger partial charge in [-0.15, -0.1) is 0 Å². The van der Waals surface area contributed by atoms with Crippen LogP contribution in [0.3, 0.4) is 0 Å². The summed E-state index contributed by atoms with van der Waals surface area (Å²) >= 11 is 0. The topological polar surface area (TPSA) is 92.3 Å². The minimum atomic E-state index is -1.22. The van der Waals surface area contributed by atoms with E-state index in [0.29, 0.717) is 18.9 Å². The summed E-state index contributed by atoms with van der Waals surface area (Å²) in [5, 5.41) is 8.86. The van der Waals surface area contributed by atoms with Gasteiger partial charge in [-0.25, -0.2) is 9.78 Å². The lowest BCUT2D eigenvalue weighted by molar-refractivity contribution is 0.0689. The molecule has 110 valence electrons. The summed E-state index contributed by atoms with van der Waals surface area (Å²) in [6.45, 7) is 4.27. The lowest BCUT2D eigenvalue weighted by Crippen LogP contribution is -2.17. The molecule has 0 bridgehead atoms. The number of ether oxygens (including phenoxy) is 1. The van der Waals surface area contributed by atoms with E-state index < -0.39 is 11.5 Å². The van der Waals surface area contributed by atoms with Gasteiger partial charge < -0.3 is 14.8 Å². The molecule has 0 fully saturated rings. The second kappa shape index (κ2) is 6.21. The second-order valence-corrected chi connectivity index (χ2v) is 4.68. The number of hydrogen-bond acceptors (Lipinski definition) is 4. The molecule has 0 aliphatic heterocycles. The molecule has 0 aliphatic carbocycles. The van der Waals surface area contributed by atoms with Crippen molar-refractivity contribution in [2.24, 2.45) is 0 Å². The molecule has 1 aromatic carbocycles. The molecule has 2 rings (SSSR count). The molecule has 0 amide bonds. The fraction of sp³-hybridized carbons (Fsp3) is 0.267. The minimum Gasteiger partial charge on any atom is -0.493 e. The zero-order chi connectivity index (χ0) is 15.4. The van der Waals surface area contributed by atoms with Crippen molar-refractivity contribution >= 4 is 5.97 Å². The number of benzene rings is 1. The van der Waals surface area contributed by atoms with E-state index in [1.54, 1.807) is 0 Å². The van der Waals surface area contributed by atoms with E-state index in [9.17, 15) is 9.59 Å². The fourth-order valence-electron chi connectivity index (χ4n) is 1.87. The number of hydrogen-bond donors (Lipinski definition) is 2. The number of carboxylic acid groups (broad SMARTS) is 1. The predicted molar refractivity (Wildman–Crippen MR) is 76.9 cm³/mol. The van der Waals surface area contributed by atoms with E-state index in [1.807, 2.05) is 32.0 Å². The third-order valence-electron chi connectivity index (χ3n) is 3.16. The van der Waals surface area contributed by atoms with Crippen LogP contribution in [0.5, 0.6) is 5.75 Å². The monoisotopic (exact) mass is 288 g/mol. The summed E-state index contributed by atoms with van der Waals surface area (Å²) in [5.41, 5.74) is 1.44. The molecular formula is C15H16N2O4. The fourth-order valence-corrected chi connectivity index (χ4v) is 1.87. The van der Waals surface area contributed by atoms with Crippen LogP contribution in [-0.2, 0) is 6.42 Å². The number of aryl methyl sites for hydroxylation is 1. The van der Waals surface area contributed by atoms with Gasteiger partial charge in [0.1, 0.15) is 11.6 Å². The summed E-state index contributed by atoms with van der Waals surface area (Å²) < 4.78 is 5.65. The van der Waals surface area contributed by atoms with Crippen LogP contribution in [0.15, 0.2) is 29.1 Å². The lowest BCUT2D eigenvalue weighted by atomic mass is 10.1. The molecule has 0 saturated carbocycles. The molecular weight excluding hydrogens is 272 g/mol. The average Bonchev–Trinajstić information content (AvgIpc) is 2.43. The first kappa shape index (κ1) is 14.8. The number of aromatic amines is 1. The Balaban J connectivity index is 2.05. The van der Waals surface area contributed by atoms with E-state index in [-0.39, 0.29) is 5.69 Å². The molecule has 1 heterocycles. The van der Waals surface area contributed by atoms with Gasteiger partial charge in [0.15, 0.2) is 5.69 Å². The quantitative estimate of drug-likeness (QED) is 0.873. The van der Waals surface area contributed by atoms with Gasteiger partial charge in [-0.2, -0.15) is 0 Å². The molecule has 0 aliphatic rings. The molecule has 1 aromatic heterocycles. The van der Waals surface area contributed by atoms with Crippen LogP contribution in [0.25, 0.3) is 0 Å². The maximum atomic E-state index is 11.3. The predicted octanol–water partition coefficient (Wildman–Crippen LogP) is 1.71. The van der Waals surface area contributed by atoms with Crippen LogP contribution in [0.2, 0.25) is 0 Å². The minimum absolute atomic E-state index is 0.263. The van der Waals surface area contributed by atoms with Crippen molar-refractivity contribution in [1.82, 2.24) is 9.97 Å². The molecule has 0 saturated heterocycles. The van der Waals surface area contributed by atoms with E-state index in [1.165, 1.54) is 0 Å². The summed E-state index contributed by atoms with van der Waals surface area (Å²) in [7, 11) is 0. The highest BCUT2D eigenvalue weighted by molar-refractivity contribution is 5.85. The first-order valence-corrected chi connectivity index (χ1v) is 6.50. The number of H-pyrrole nitrogens is 1. The van der Waals surface area contributed by atoms with Gasteiger partial charge in [-0.3, -0.25) is 4.79 Å². The van der Waals surface area contributed by atoms with Gasteiger partial charge in [-0.05, 0) is 31.0 Å². The third-order valence-corrected chi connectivity index (χ3v) is 3.16. The van der Waals surface area contributed by atoms with Crippen molar-refractivity contribution < 1.29 is 14.6 Å². The molecule has 2 aromatic rings. The second-order valence-electron chi connectivity index (χ2n) is 4.68. The molecule has 0 unspecified atom stereocenters. The number of carbonyl (C=O) groups is 1. The van der Waals surface area contributed by atoms with Crippen molar-refractivity contribution in [3.63, 3.8) is 0 Å². The highest BCUT2D eigenvalue weighted by atomic mass is 16.5. The summed E-state index contributed by atoms with van der Waals surface area (Å²) in [6, 6.07) is 6.73. The van der Waals surface area contributed by atoms with Crippen molar-refractivity contribution in [3.8, 4) is 5.75 Å². The maximum Gasteiger partial charge on any atom is 0.354 e. The Morgan fingerprint density at radius 3 is 2.86 bits per heavy atom. The summed E-state index contributed by atoms with van der Waals surface area (Å²) in [4.78, 5) is 28.6. The van der Waals surface area contributed by atoms with Crippen LogP contribution in [-0.4, -0.2) is 27.7 Å². The Labute approximate surface area is 121 Å². The van der Waals surface area contributed by atoms with E-state index in [2.05, 4.69) is 9.97 Å². The molecule has 6 heteroatoms. The Hall–Kier alpha value is -2.63. The van der Waals surface area contributed by atoms with Crippen molar-refractivity contribution in [1.29, 1.82) is 0 Å². The van der Waals surface area contributed by atoms with Crippen molar-refractivity contribution in [2.75, 3.05) is 6.61 Å². The number of aromatic nitrogens is 2. The van der Waals surface area contributed by atoms with Gasteiger partial charge in [0.25, 0.3) is 5.56 Å². The van der Waals surface area contributed by atoms with E-state index >= 15 is 0 Å². The Morgan fingerprint density at radius 1 is 1.38 bits per heavy atom. The van der Waals surface area contributed by atoms with Crippen LogP contribution in [0, 0.1) is 13.8 Å². The smallest absolute Gasteiger partial charge is 0.354 e. The third kappa shape index (κ3) is 3.68. The van der Waals surface area contributed by atoms with Crippen LogP contribution in [0.4, 0.5) is 0 Å². The highest BCUT2D eigenvalue weighted by Crippen LogP contribution is 2.20. The normalized spacial score (nSPS) is 10.4. The van der Waals surface area contributed by atoms with Gasteiger partial charge >= 0.3 is 5.97 Å². The molecule has 0 atom stereocenters. The van der Waals surface area contributed by atoms with Crippen molar-refractivity contribution in [3.05, 3.63) is 57.3 Å². The average molecular weight is 288 g/mol. The zero-order valence-electron chi connectivity index (χ0n) is 11.8. The molecule has 0 radical (unpaired) electrons. The van der Waals surface area contributed by atoms with Gasteiger partial charge in [0.05, 0.1) is 6.61 Å². The standard InChI is InChI=1S/C15H16N2O4/c1-9-4-3-5-12(10(9)2)21-7-6-13-16-11(15(19)20)8-14(18)17-13/h3-5,8H,6-7H2,1-2H3,(H,19,20)(H,16,17,18). The Kier molecular flexibility index (Phi) is 4.37. The SMILES string of the molecule is Cc1cccc(OCCc2nc(C(=O)O)cc(=O)[nH]2)c1C. The first-order chi connectivity index (χ1) is 9.97. The van der Waals surface area contributed by atoms with Gasteiger partial charge in [0, 0.05) is 12.5 Å². The molecule has 21 heavy (non-hydrogen) atoms. The molecule has 2 N–H and O–H groups in total. The van der Waals surface area contributed by atoms with Gasteiger partial charge in [0.2, 0.25) is 0 Å². The van der Waals surface area contributed by atoms with Gasteiger partial charge in [-0.1, -0.05) is 12.1 Å². The number of aromatic carboxylic acids is 1. The number of nitrogens with one attached hydrogen (secondary N) is 1. The first-order valence-electron chi connectivity index (χ1n) is 6.50. The Bertz CT molecular complexity index is 722. The highest BCUT2D eigenvalue weighted by Gasteiger charge is 2.08. The number of carboxylic acids is 1. The van der Waals surface area contributed by atoms with Crippen LogP contribution < -0.4 is 10.3 Å². The molecule has 6 nitrogen and oxygen atoms in total. The van der Waals surface area contributed by atoms with E-state index in [4.69, 9.17) is 9.84 Å². The lowest BCUT2D eigenvalue weighted by Gasteiger charge is -2.10. The van der Waals surface area contributed by atoms with Crippen LogP contribution in [0.1, 0.15) is 27.4 Å². The number of rotatable bonds is 5. The maximum absolute atomic E-state index is 11.3.